The van der Waals surface area contributed by atoms with E-state index in [1.165, 1.54) is 17.7 Å². The number of carbonyl (C=O) groups excluding carboxylic acids is 1. The maximum Gasteiger partial charge on any atom is 0.335 e. The van der Waals surface area contributed by atoms with Crippen molar-refractivity contribution in [3.63, 3.8) is 0 Å². The number of halogens is 1. The summed E-state index contributed by atoms with van der Waals surface area (Å²) in [5, 5.41) is 27.7. The number of pyridine rings is 1. The number of carboxylic acid groups (broad SMARTS) is 1. The fraction of sp³-hybridized carbons (Fsp3) is 0.108. The summed E-state index contributed by atoms with van der Waals surface area (Å²) in [7, 11) is 0. The van der Waals surface area contributed by atoms with Crippen molar-refractivity contribution in [2.75, 3.05) is 5.73 Å². The summed E-state index contributed by atoms with van der Waals surface area (Å²) >= 11 is 8.31. The van der Waals surface area contributed by atoms with E-state index < -0.39 is 5.97 Å². The molecule has 0 unspecified atom stereocenters. The number of Topliss-reactive ketones (excluding diaryl/α,β-unsaturated/α-hetero) is 1. The minimum Gasteiger partial charge on any atom is -0.478 e. The van der Waals surface area contributed by atoms with Crippen LogP contribution in [-0.4, -0.2) is 30.6 Å². The molecule has 244 valence electrons. The van der Waals surface area contributed by atoms with Crippen molar-refractivity contribution < 1.29 is 14.7 Å². The average molecular weight is 705 g/mol. The zero-order valence-corrected chi connectivity index (χ0v) is 29.0. The Morgan fingerprint density at radius 1 is 0.755 bits per heavy atom. The summed E-state index contributed by atoms with van der Waals surface area (Å²) in [6.07, 6.45) is 1.61. The molecule has 0 radical (unpaired) electrons. The predicted molar refractivity (Wildman–Crippen MR) is 194 cm³/mol. The van der Waals surface area contributed by atoms with Crippen LogP contribution < -0.4 is 5.73 Å². The predicted octanol–water partition coefficient (Wildman–Crippen LogP) is 8.73. The molecule has 3 N–H and O–H groups in total. The van der Waals surface area contributed by atoms with Crippen molar-refractivity contribution in [3.8, 4) is 34.7 Å². The first-order valence-electron chi connectivity index (χ1n) is 14.7. The Morgan fingerprint density at radius 3 is 1.78 bits per heavy atom. The molecule has 6 aromatic rings. The number of aromatic carboxylic acids is 1. The van der Waals surface area contributed by atoms with E-state index in [0.717, 1.165) is 39.3 Å². The normalized spacial score (nSPS) is 10.0. The van der Waals surface area contributed by atoms with Crippen LogP contribution in [0.3, 0.4) is 0 Å². The average Bonchev–Trinajstić information content (AvgIpc) is 3.68. The summed E-state index contributed by atoms with van der Waals surface area (Å²) in [5.74, 6) is -1.04. The van der Waals surface area contributed by atoms with Gasteiger partial charge in [0.25, 0.3) is 0 Å². The van der Waals surface area contributed by atoms with Crippen molar-refractivity contribution in [1.29, 1.82) is 10.5 Å². The highest BCUT2D eigenvalue weighted by molar-refractivity contribution is 7.10. The van der Waals surface area contributed by atoms with Gasteiger partial charge in [-0.05, 0) is 78.7 Å². The molecule has 0 saturated heterocycles. The number of aryl methyl sites for hydroxylation is 3. The zero-order chi connectivity index (χ0) is 35.5. The van der Waals surface area contributed by atoms with Gasteiger partial charge in [0.1, 0.15) is 39.2 Å². The van der Waals surface area contributed by atoms with Crippen molar-refractivity contribution in [2.24, 2.45) is 0 Å². The number of nitrogens with two attached hydrogens (primary N) is 1. The minimum atomic E-state index is -0.863. The van der Waals surface area contributed by atoms with Gasteiger partial charge in [0.2, 0.25) is 0 Å². The summed E-state index contributed by atoms with van der Waals surface area (Å²) < 4.78 is 8.62. The highest BCUT2D eigenvalue weighted by Crippen LogP contribution is 2.32. The molecule has 6 rings (SSSR count). The zero-order valence-electron chi connectivity index (χ0n) is 26.6. The topological polar surface area (TPSA) is 167 Å². The largest absolute Gasteiger partial charge is 0.478 e. The number of carbonyl (C=O) groups is 2. The second kappa shape index (κ2) is 16.9. The molecular weight excluding hydrogens is 676 g/mol. The van der Waals surface area contributed by atoms with Gasteiger partial charge in [0.05, 0.1) is 21.6 Å². The fourth-order valence-electron chi connectivity index (χ4n) is 4.66. The summed E-state index contributed by atoms with van der Waals surface area (Å²) in [4.78, 5) is 27.4. The molecule has 0 aliphatic heterocycles. The van der Waals surface area contributed by atoms with Crippen LogP contribution >= 0.6 is 34.7 Å². The second-order valence-electron chi connectivity index (χ2n) is 10.5. The summed E-state index contributed by atoms with van der Waals surface area (Å²) in [6, 6.07) is 30.1. The van der Waals surface area contributed by atoms with Crippen molar-refractivity contribution in [2.45, 2.75) is 27.2 Å². The van der Waals surface area contributed by atoms with Crippen LogP contribution in [0.25, 0.3) is 22.5 Å². The number of nitrogen functional groups attached to an aromatic ring is 1. The lowest BCUT2D eigenvalue weighted by Crippen LogP contribution is -2.05. The molecule has 3 aromatic heterocycles. The monoisotopic (exact) mass is 704 g/mol. The Labute approximate surface area is 296 Å². The number of hydrogen-bond acceptors (Lipinski definition) is 10. The second-order valence-corrected chi connectivity index (χ2v) is 12.5. The van der Waals surface area contributed by atoms with E-state index in [1.807, 2.05) is 68.4 Å². The fourth-order valence-corrected chi connectivity index (χ4v) is 6.32. The van der Waals surface area contributed by atoms with Crippen LogP contribution in [0.15, 0.2) is 91.1 Å². The van der Waals surface area contributed by atoms with Gasteiger partial charge in [-0.3, -0.25) is 4.79 Å². The van der Waals surface area contributed by atoms with Crippen molar-refractivity contribution in [3.05, 3.63) is 140 Å². The number of carboxylic acids is 1. The van der Waals surface area contributed by atoms with Crippen molar-refractivity contribution >= 4 is 51.4 Å². The van der Waals surface area contributed by atoms with Gasteiger partial charge < -0.3 is 10.8 Å². The quantitative estimate of drug-likeness (QED) is 0.127. The van der Waals surface area contributed by atoms with E-state index in [2.05, 4.69) is 25.9 Å². The highest BCUT2D eigenvalue weighted by Gasteiger charge is 2.20. The molecule has 0 amide bonds. The Balaban J connectivity index is 0.000000184. The third kappa shape index (κ3) is 8.80. The van der Waals surface area contributed by atoms with Gasteiger partial charge in [-0.15, -0.1) is 0 Å². The minimum absolute atomic E-state index is 0.0812. The number of ketones is 1. The lowest BCUT2D eigenvalue weighted by Gasteiger charge is -2.03. The molecule has 12 heteroatoms. The van der Waals surface area contributed by atoms with E-state index in [0.29, 0.717) is 43.5 Å². The number of aromatic nitrogens is 3. The van der Waals surface area contributed by atoms with Gasteiger partial charge in [0.15, 0.2) is 5.78 Å². The Hall–Kier alpha value is -5.72. The van der Waals surface area contributed by atoms with Gasteiger partial charge in [-0.25, -0.2) is 9.78 Å². The van der Waals surface area contributed by atoms with Crippen LogP contribution in [-0.2, 0) is 6.42 Å². The third-order valence-corrected chi connectivity index (χ3v) is 9.08. The number of nitrogens with zero attached hydrogens (tertiary/aromatic N) is 5. The standard InChI is InChI=1S/C18H12ClN3OS.C11H9N3S.C8H8O2/c1-11-5-2-3-6-12(11)17-14(10-20)16(24-22-17)9-15(23)13-7-4-8-21-18(13)19;1-7-4-2-3-5-8(7)10-9(6-12)11(13)15-14-10;1-6-4-2-3-5-7(6)8(9)10/h2-8H,9H2,1H3;2-5H,13H2,1H3;2-5H,1H3,(H,9,10). The number of rotatable bonds is 6. The molecule has 0 bridgehead atoms. The van der Waals surface area contributed by atoms with Gasteiger partial charge in [-0.2, -0.15) is 19.3 Å². The first kappa shape index (κ1) is 36.1. The first-order chi connectivity index (χ1) is 23.6. The van der Waals surface area contributed by atoms with Gasteiger partial charge in [-0.1, -0.05) is 78.3 Å². The molecule has 0 saturated carbocycles. The molecule has 0 fully saturated rings. The van der Waals surface area contributed by atoms with Crippen LogP contribution in [0.4, 0.5) is 5.00 Å². The number of nitriles is 2. The van der Waals surface area contributed by atoms with E-state index in [1.54, 1.807) is 37.3 Å². The van der Waals surface area contributed by atoms with E-state index in [9.17, 15) is 14.9 Å². The van der Waals surface area contributed by atoms with Crippen LogP contribution in [0.5, 0.6) is 0 Å². The molecule has 3 aromatic carbocycles. The lowest BCUT2D eigenvalue weighted by atomic mass is 10.0. The summed E-state index contributed by atoms with van der Waals surface area (Å²) in [6.45, 7) is 5.74. The first-order valence-corrected chi connectivity index (χ1v) is 16.6. The number of anilines is 1. The SMILES string of the molecule is Cc1ccccc1-c1nsc(CC(=O)c2cccnc2Cl)c1C#N.Cc1ccccc1-c1nsc(N)c1C#N.Cc1ccccc1C(=O)O. The molecule has 0 spiro atoms. The maximum absolute atomic E-state index is 12.5. The molecule has 0 atom stereocenters. The maximum atomic E-state index is 12.5. The number of benzene rings is 3. The van der Waals surface area contributed by atoms with Crippen LogP contribution in [0.2, 0.25) is 5.15 Å². The molecule has 49 heavy (non-hydrogen) atoms. The van der Waals surface area contributed by atoms with Crippen LogP contribution in [0, 0.1) is 43.4 Å². The van der Waals surface area contributed by atoms with Crippen molar-refractivity contribution in [1.82, 2.24) is 13.7 Å². The summed E-state index contributed by atoms with van der Waals surface area (Å²) in [5.41, 5.74) is 13.5. The molecule has 0 aliphatic rings. The van der Waals surface area contributed by atoms with Crippen LogP contribution in [0.1, 0.15) is 53.4 Å². The smallest absolute Gasteiger partial charge is 0.335 e. The molecule has 0 aliphatic carbocycles. The molecule has 9 nitrogen and oxygen atoms in total. The van der Waals surface area contributed by atoms with Gasteiger partial charge >= 0.3 is 5.97 Å². The van der Waals surface area contributed by atoms with E-state index in [4.69, 9.17) is 27.7 Å². The highest BCUT2D eigenvalue weighted by atomic mass is 35.5. The van der Waals surface area contributed by atoms with E-state index >= 15 is 0 Å². The Morgan fingerprint density at radius 2 is 1.27 bits per heavy atom. The molecular formula is C37H29ClN6O3S2. The Kier molecular flexibility index (Phi) is 12.5. The Bertz CT molecular complexity index is 2210. The van der Waals surface area contributed by atoms with E-state index in [-0.39, 0.29) is 17.4 Å². The van der Waals surface area contributed by atoms with Gasteiger partial charge in [0, 0.05) is 23.7 Å². The lowest BCUT2D eigenvalue weighted by molar-refractivity contribution is 0.0696. The number of hydrogen-bond donors (Lipinski definition) is 2. The molecule has 3 heterocycles. The third-order valence-electron chi connectivity index (χ3n) is 7.26.